The highest BCUT2D eigenvalue weighted by atomic mass is 32.2. The molecule has 0 fully saturated rings. The lowest BCUT2D eigenvalue weighted by Gasteiger charge is -2.18. The molecule has 1 unspecified atom stereocenters. The van der Waals surface area contributed by atoms with Crippen molar-refractivity contribution in [3.05, 3.63) is 65.2 Å². The minimum absolute atomic E-state index is 0.00490. The fourth-order valence-electron chi connectivity index (χ4n) is 2.14. The van der Waals surface area contributed by atoms with Crippen molar-refractivity contribution in [1.29, 1.82) is 0 Å². The molecule has 2 aromatic carbocycles. The summed E-state index contributed by atoms with van der Waals surface area (Å²) < 4.78 is 26.4. The number of aryl methyl sites for hydroxylation is 1. The molecule has 1 nitrogen and oxygen atoms in total. The van der Waals surface area contributed by atoms with Gasteiger partial charge in [-0.15, -0.1) is 11.8 Å². The van der Waals surface area contributed by atoms with Gasteiger partial charge in [-0.3, -0.25) is 0 Å². The first kappa shape index (κ1) is 16.0. The van der Waals surface area contributed by atoms with E-state index in [9.17, 15) is 8.78 Å². The minimum Gasteiger partial charge on any atom is -0.309 e. The third-order valence-electron chi connectivity index (χ3n) is 3.30. The molecule has 0 saturated heterocycles. The maximum absolute atomic E-state index is 13.4. The molecule has 0 bridgehead atoms. The average Bonchev–Trinajstić information content (AvgIpc) is 2.48. The fourth-order valence-corrected chi connectivity index (χ4v) is 3.27. The first-order valence-electron chi connectivity index (χ1n) is 6.98. The first-order chi connectivity index (χ1) is 10.1. The molecule has 1 N–H and O–H groups in total. The second-order valence-corrected chi connectivity index (χ2v) is 5.92. The molecule has 0 saturated carbocycles. The summed E-state index contributed by atoms with van der Waals surface area (Å²) in [5.74, 6) is -0.833. The summed E-state index contributed by atoms with van der Waals surface area (Å²) in [5.41, 5.74) is 2.00. The van der Waals surface area contributed by atoms with Crippen LogP contribution in [0.1, 0.15) is 24.1 Å². The highest BCUT2D eigenvalue weighted by Crippen LogP contribution is 2.27. The van der Waals surface area contributed by atoms with Crippen molar-refractivity contribution in [2.75, 3.05) is 12.3 Å². The fraction of sp³-hybridized carbons (Fsp3) is 0.294. The van der Waals surface area contributed by atoms with Gasteiger partial charge < -0.3 is 5.32 Å². The van der Waals surface area contributed by atoms with E-state index in [1.165, 1.54) is 22.6 Å². The predicted octanol–water partition coefficient (Wildman–Crippen LogP) is 4.72. The van der Waals surface area contributed by atoms with E-state index in [1.54, 1.807) is 17.8 Å². The normalized spacial score (nSPS) is 12.4. The Morgan fingerprint density at radius 1 is 1.10 bits per heavy atom. The number of halogens is 2. The Hall–Kier alpha value is -1.39. The summed E-state index contributed by atoms with van der Waals surface area (Å²) in [7, 11) is 0. The molecule has 0 aliphatic carbocycles. The standard InChI is InChI=1S/C17H19F2NS/c1-3-20-16(13-8-9-14(18)15(19)10-13)11-21-17-7-5-4-6-12(17)2/h4-10,16,20H,3,11H2,1-2H3. The summed E-state index contributed by atoms with van der Waals surface area (Å²) in [6.07, 6.45) is 0. The second kappa shape index (κ2) is 7.57. The zero-order valence-corrected chi connectivity index (χ0v) is 13.0. The Morgan fingerprint density at radius 3 is 2.52 bits per heavy atom. The quantitative estimate of drug-likeness (QED) is 0.775. The van der Waals surface area contributed by atoms with Crippen molar-refractivity contribution in [1.82, 2.24) is 5.32 Å². The van der Waals surface area contributed by atoms with Crippen LogP contribution < -0.4 is 5.32 Å². The molecule has 0 amide bonds. The summed E-state index contributed by atoms with van der Waals surface area (Å²) in [6, 6.07) is 12.3. The van der Waals surface area contributed by atoms with Crippen LogP contribution in [-0.4, -0.2) is 12.3 Å². The molecule has 21 heavy (non-hydrogen) atoms. The number of hydrogen-bond acceptors (Lipinski definition) is 2. The molecule has 2 rings (SSSR count). The molecule has 2 aromatic rings. The third-order valence-corrected chi connectivity index (χ3v) is 4.56. The van der Waals surface area contributed by atoms with Crippen LogP contribution in [0.5, 0.6) is 0 Å². The maximum atomic E-state index is 13.4. The lowest BCUT2D eigenvalue weighted by Crippen LogP contribution is -2.23. The molecule has 0 aliphatic heterocycles. The summed E-state index contributed by atoms with van der Waals surface area (Å²) >= 11 is 1.72. The number of thioether (sulfide) groups is 1. The van der Waals surface area contributed by atoms with Gasteiger partial charge in [-0.05, 0) is 42.8 Å². The molecule has 112 valence electrons. The number of benzene rings is 2. The van der Waals surface area contributed by atoms with E-state index in [0.717, 1.165) is 17.9 Å². The Morgan fingerprint density at radius 2 is 1.86 bits per heavy atom. The van der Waals surface area contributed by atoms with Crippen LogP contribution in [0.25, 0.3) is 0 Å². The molecule has 0 aliphatic rings. The van der Waals surface area contributed by atoms with Crippen molar-refractivity contribution < 1.29 is 8.78 Å². The highest BCUT2D eigenvalue weighted by molar-refractivity contribution is 7.99. The van der Waals surface area contributed by atoms with Gasteiger partial charge in [0.1, 0.15) is 0 Å². The van der Waals surface area contributed by atoms with Crippen molar-refractivity contribution in [3.63, 3.8) is 0 Å². The van der Waals surface area contributed by atoms with E-state index in [-0.39, 0.29) is 6.04 Å². The molecular weight excluding hydrogens is 288 g/mol. The minimum atomic E-state index is -0.805. The third kappa shape index (κ3) is 4.29. The van der Waals surface area contributed by atoms with E-state index < -0.39 is 11.6 Å². The van der Waals surface area contributed by atoms with E-state index in [2.05, 4.69) is 24.4 Å². The van der Waals surface area contributed by atoms with Crippen LogP contribution in [0.4, 0.5) is 8.78 Å². The van der Waals surface area contributed by atoms with E-state index in [1.807, 2.05) is 19.1 Å². The van der Waals surface area contributed by atoms with Gasteiger partial charge in [0, 0.05) is 16.7 Å². The summed E-state index contributed by atoms with van der Waals surface area (Å²) in [5, 5.41) is 3.33. The summed E-state index contributed by atoms with van der Waals surface area (Å²) in [6.45, 7) is 4.85. The zero-order chi connectivity index (χ0) is 15.2. The van der Waals surface area contributed by atoms with Crippen LogP contribution in [-0.2, 0) is 0 Å². The zero-order valence-electron chi connectivity index (χ0n) is 12.2. The van der Waals surface area contributed by atoms with Crippen molar-refractivity contribution in [2.45, 2.75) is 24.8 Å². The highest BCUT2D eigenvalue weighted by Gasteiger charge is 2.14. The van der Waals surface area contributed by atoms with Crippen molar-refractivity contribution in [3.8, 4) is 0 Å². The summed E-state index contributed by atoms with van der Waals surface area (Å²) in [4.78, 5) is 1.21. The van der Waals surface area contributed by atoms with Gasteiger partial charge in [0.15, 0.2) is 11.6 Å². The molecule has 0 radical (unpaired) electrons. The van der Waals surface area contributed by atoms with Gasteiger partial charge in [0.2, 0.25) is 0 Å². The van der Waals surface area contributed by atoms with Gasteiger partial charge >= 0.3 is 0 Å². The van der Waals surface area contributed by atoms with Gasteiger partial charge in [-0.1, -0.05) is 31.2 Å². The van der Waals surface area contributed by atoms with Gasteiger partial charge in [0.05, 0.1) is 0 Å². The Kier molecular flexibility index (Phi) is 5.76. The maximum Gasteiger partial charge on any atom is 0.159 e. The number of hydrogen-bond donors (Lipinski definition) is 1. The van der Waals surface area contributed by atoms with Crippen LogP contribution in [0, 0.1) is 18.6 Å². The number of rotatable bonds is 6. The van der Waals surface area contributed by atoms with Crippen LogP contribution in [0.3, 0.4) is 0 Å². The van der Waals surface area contributed by atoms with Crippen LogP contribution >= 0.6 is 11.8 Å². The molecule has 0 spiro atoms. The lowest BCUT2D eigenvalue weighted by molar-refractivity contribution is 0.502. The van der Waals surface area contributed by atoms with E-state index in [4.69, 9.17) is 0 Å². The first-order valence-corrected chi connectivity index (χ1v) is 7.97. The molecule has 0 heterocycles. The SMILES string of the molecule is CCNC(CSc1ccccc1C)c1ccc(F)c(F)c1. The van der Waals surface area contributed by atoms with Crippen LogP contribution in [0.2, 0.25) is 0 Å². The Labute approximate surface area is 128 Å². The van der Waals surface area contributed by atoms with Gasteiger partial charge in [-0.2, -0.15) is 0 Å². The van der Waals surface area contributed by atoms with Crippen LogP contribution in [0.15, 0.2) is 47.4 Å². The van der Waals surface area contributed by atoms with Crippen molar-refractivity contribution >= 4 is 11.8 Å². The van der Waals surface area contributed by atoms with Gasteiger partial charge in [-0.25, -0.2) is 8.78 Å². The van der Waals surface area contributed by atoms with E-state index in [0.29, 0.717) is 0 Å². The Bertz CT molecular complexity index is 601. The lowest BCUT2D eigenvalue weighted by atomic mass is 10.1. The monoisotopic (exact) mass is 307 g/mol. The molecule has 0 aromatic heterocycles. The second-order valence-electron chi connectivity index (χ2n) is 4.86. The van der Waals surface area contributed by atoms with Crippen molar-refractivity contribution in [2.24, 2.45) is 0 Å². The average molecular weight is 307 g/mol. The molecule has 4 heteroatoms. The number of nitrogens with one attached hydrogen (secondary N) is 1. The Balaban J connectivity index is 2.12. The largest absolute Gasteiger partial charge is 0.309 e. The van der Waals surface area contributed by atoms with E-state index >= 15 is 0 Å². The predicted molar refractivity (Wildman–Crippen MR) is 84.7 cm³/mol. The van der Waals surface area contributed by atoms with Gasteiger partial charge in [0.25, 0.3) is 0 Å². The molecule has 1 atom stereocenters. The smallest absolute Gasteiger partial charge is 0.159 e. The topological polar surface area (TPSA) is 12.0 Å². The molecular formula is C17H19F2NS.